The van der Waals surface area contributed by atoms with Gasteiger partial charge in [0.15, 0.2) is 0 Å². The van der Waals surface area contributed by atoms with Crippen molar-refractivity contribution >= 4 is 0 Å². The predicted molar refractivity (Wildman–Crippen MR) is 64.1 cm³/mol. The zero-order valence-electron chi connectivity index (χ0n) is 10.4. The van der Waals surface area contributed by atoms with Crippen LogP contribution in [0.5, 0.6) is 5.88 Å². The molecule has 20 heavy (non-hydrogen) atoms. The van der Waals surface area contributed by atoms with Crippen LogP contribution in [0.15, 0.2) is 36.8 Å². The molecule has 0 amide bonds. The fourth-order valence-corrected chi connectivity index (χ4v) is 1.83. The Morgan fingerprint density at radius 1 is 1.20 bits per heavy atom. The highest BCUT2D eigenvalue weighted by Crippen LogP contribution is 2.37. The molecule has 0 spiro atoms. The molecule has 0 saturated carbocycles. The van der Waals surface area contributed by atoms with Crippen LogP contribution in [-0.2, 0) is 6.18 Å². The van der Waals surface area contributed by atoms with Gasteiger partial charge in [-0.2, -0.15) is 13.2 Å². The Kier molecular flexibility index (Phi) is 3.89. The first-order valence-electron chi connectivity index (χ1n) is 5.63. The Bertz CT molecular complexity index is 602. The fraction of sp³-hybridized carbons (Fsp3) is 0.231. The highest BCUT2D eigenvalue weighted by atomic mass is 19.4. The monoisotopic (exact) mass is 284 g/mol. The van der Waals surface area contributed by atoms with Crippen molar-refractivity contribution < 1.29 is 23.0 Å². The van der Waals surface area contributed by atoms with Crippen LogP contribution in [0.1, 0.15) is 22.8 Å². The zero-order valence-corrected chi connectivity index (χ0v) is 10.4. The van der Waals surface area contributed by atoms with Gasteiger partial charge in [0, 0.05) is 29.7 Å². The van der Waals surface area contributed by atoms with E-state index in [4.69, 9.17) is 4.74 Å². The van der Waals surface area contributed by atoms with E-state index >= 15 is 0 Å². The van der Waals surface area contributed by atoms with Crippen LogP contribution >= 0.6 is 0 Å². The van der Waals surface area contributed by atoms with Crippen LogP contribution < -0.4 is 4.74 Å². The van der Waals surface area contributed by atoms with Gasteiger partial charge in [0.05, 0.1) is 12.7 Å². The summed E-state index contributed by atoms with van der Waals surface area (Å²) in [7, 11) is 1.33. The predicted octanol–water partition coefficient (Wildman–Crippen LogP) is 2.59. The summed E-state index contributed by atoms with van der Waals surface area (Å²) in [5.41, 5.74) is -1.13. The lowest BCUT2D eigenvalue weighted by Crippen LogP contribution is -2.14. The molecule has 1 N–H and O–H groups in total. The van der Waals surface area contributed by atoms with E-state index in [1.165, 1.54) is 25.4 Å². The van der Waals surface area contributed by atoms with E-state index in [0.717, 1.165) is 18.5 Å². The summed E-state index contributed by atoms with van der Waals surface area (Å²) in [5.74, 6) is 0.0666. The molecule has 1 unspecified atom stereocenters. The van der Waals surface area contributed by atoms with Gasteiger partial charge in [0.25, 0.3) is 0 Å². The molecule has 0 aliphatic carbocycles. The second-order valence-electron chi connectivity index (χ2n) is 3.97. The van der Waals surface area contributed by atoms with Crippen LogP contribution in [0, 0.1) is 0 Å². The first kappa shape index (κ1) is 14.3. The number of hydrogen-bond acceptors (Lipinski definition) is 4. The number of methoxy groups -OCH3 is 1. The zero-order chi connectivity index (χ0) is 14.8. The minimum absolute atomic E-state index is 0.0666. The first-order valence-corrected chi connectivity index (χ1v) is 5.63. The summed E-state index contributed by atoms with van der Waals surface area (Å²) < 4.78 is 43.7. The molecule has 0 aromatic carbocycles. The number of aliphatic hydroxyl groups is 1. The maximum absolute atomic E-state index is 12.9. The van der Waals surface area contributed by atoms with Gasteiger partial charge in [-0.05, 0) is 18.2 Å². The van der Waals surface area contributed by atoms with Gasteiger partial charge in [-0.15, -0.1) is 0 Å². The maximum Gasteiger partial charge on any atom is 0.416 e. The molecule has 2 aromatic heterocycles. The third-order valence-corrected chi connectivity index (χ3v) is 2.74. The summed E-state index contributed by atoms with van der Waals surface area (Å²) in [5, 5.41) is 10.2. The summed E-state index contributed by atoms with van der Waals surface area (Å²) in [6, 6.07) is 3.77. The Morgan fingerprint density at radius 3 is 2.60 bits per heavy atom. The lowest BCUT2D eigenvalue weighted by atomic mass is 9.99. The minimum Gasteiger partial charge on any atom is -0.481 e. The second kappa shape index (κ2) is 5.46. The normalized spacial score (nSPS) is 13.1. The van der Waals surface area contributed by atoms with Crippen molar-refractivity contribution in [2.24, 2.45) is 0 Å². The molecular weight excluding hydrogens is 273 g/mol. The standard InChI is InChI=1S/C13H11F3N2O2/c1-20-12-8(3-2-5-18-12)11(19)9-7-17-6-4-10(9)13(14,15)16/h2-7,11,19H,1H3. The van der Waals surface area contributed by atoms with Crippen molar-refractivity contribution in [1.29, 1.82) is 0 Å². The highest BCUT2D eigenvalue weighted by molar-refractivity contribution is 5.39. The second-order valence-corrected chi connectivity index (χ2v) is 3.97. The fourth-order valence-electron chi connectivity index (χ4n) is 1.83. The molecule has 0 aliphatic heterocycles. The van der Waals surface area contributed by atoms with E-state index in [0.29, 0.717) is 0 Å². The van der Waals surface area contributed by atoms with Crippen LogP contribution in [0.2, 0.25) is 0 Å². The van der Waals surface area contributed by atoms with E-state index in [9.17, 15) is 18.3 Å². The van der Waals surface area contributed by atoms with Crippen LogP contribution in [0.3, 0.4) is 0 Å². The average Bonchev–Trinajstić information content (AvgIpc) is 2.45. The SMILES string of the molecule is COc1ncccc1C(O)c1cnccc1C(F)(F)F. The lowest BCUT2D eigenvalue weighted by molar-refractivity contribution is -0.139. The van der Waals surface area contributed by atoms with E-state index < -0.39 is 17.8 Å². The van der Waals surface area contributed by atoms with Crippen LogP contribution in [0.25, 0.3) is 0 Å². The van der Waals surface area contributed by atoms with Gasteiger partial charge >= 0.3 is 6.18 Å². The molecule has 0 bridgehead atoms. The molecular formula is C13H11F3N2O2. The minimum atomic E-state index is -4.57. The van der Waals surface area contributed by atoms with Gasteiger partial charge in [-0.3, -0.25) is 4.98 Å². The number of halogens is 3. The molecule has 0 aliphatic rings. The molecule has 2 heterocycles. The Hall–Kier alpha value is -2.15. The Morgan fingerprint density at radius 2 is 1.95 bits per heavy atom. The Balaban J connectivity index is 2.52. The first-order chi connectivity index (χ1) is 9.45. The third kappa shape index (κ3) is 2.72. The largest absolute Gasteiger partial charge is 0.481 e. The van der Waals surface area contributed by atoms with Crippen molar-refractivity contribution in [3.05, 3.63) is 53.5 Å². The van der Waals surface area contributed by atoms with E-state index in [-0.39, 0.29) is 17.0 Å². The third-order valence-electron chi connectivity index (χ3n) is 2.74. The van der Waals surface area contributed by atoms with Crippen LogP contribution in [0.4, 0.5) is 13.2 Å². The van der Waals surface area contributed by atoms with Crippen molar-refractivity contribution in [2.45, 2.75) is 12.3 Å². The summed E-state index contributed by atoms with van der Waals surface area (Å²) >= 11 is 0. The Labute approximate surface area is 112 Å². The smallest absolute Gasteiger partial charge is 0.416 e. The summed E-state index contributed by atoms with van der Waals surface area (Å²) in [4.78, 5) is 7.49. The van der Waals surface area contributed by atoms with Gasteiger partial charge in [0.1, 0.15) is 6.10 Å². The maximum atomic E-state index is 12.9. The molecule has 0 saturated heterocycles. The summed E-state index contributed by atoms with van der Waals surface area (Å²) in [6.07, 6.45) is -2.67. The topological polar surface area (TPSA) is 55.2 Å². The number of nitrogens with zero attached hydrogens (tertiary/aromatic N) is 2. The number of aromatic nitrogens is 2. The molecule has 106 valence electrons. The number of rotatable bonds is 3. The molecule has 4 nitrogen and oxygen atoms in total. The molecule has 2 rings (SSSR count). The molecule has 0 fully saturated rings. The van der Waals surface area contributed by atoms with E-state index in [2.05, 4.69) is 9.97 Å². The van der Waals surface area contributed by atoms with Gasteiger partial charge in [-0.25, -0.2) is 4.98 Å². The van der Waals surface area contributed by atoms with Gasteiger partial charge in [0.2, 0.25) is 5.88 Å². The van der Waals surface area contributed by atoms with E-state index in [1.54, 1.807) is 0 Å². The quantitative estimate of drug-likeness (QED) is 0.941. The van der Waals surface area contributed by atoms with Gasteiger partial charge in [-0.1, -0.05) is 0 Å². The van der Waals surface area contributed by atoms with Crippen molar-refractivity contribution in [2.75, 3.05) is 7.11 Å². The molecule has 1 atom stereocenters. The molecule has 0 radical (unpaired) electrons. The van der Waals surface area contributed by atoms with E-state index in [1.807, 2.05) is 0 Å². The number of aliphatic hydroxyl groups excluding tert-OH is 1. The highest BCUT2D eigenvalue weighted by Gasteiger charge is 2.35. The molecule has 7 heteroatoms. The van der Waals surface area contributed by atoms with Crippen molar-refractivity contribution in [3.63, 3.8) is 0 Å². The number of hydrogen-bond donors (Lipinski definition) is 1. The van der Waals surface area contributed by atoms with Gasteiger partial charge < -0.3 is 9.84 Å². The average molecular weight is 284 g/mol. The number of ether oxygens (including phenoxy) is 1. The lowest BCUT2D eigenvalue weighted by Gasteiger charge is -2.18. The van der Waals surface area contributed by atoms with Crippen molar-refractivity contribution in [1.82, 2.24) is 9.97 Å². The van der Waals surface area contributed by atoms with Crippen molar-refractivity contribution in [3.8, 4) is 5.88 Å². The molecule has 2 aromatic rings. The van der Waals surface area contributed by atoms with Crippen LogP contribution in [-0.4, -0.2) is 22.2 Å². The number of alkyl halides is 3. The summed E-state index contributed by atoms with van der Waals surface area (Å²) in [6.45, 7) is 0. The number of pyridine rings is 2.